The van der Waals surface area contributed by atoms with Crippen LogP contribution in [0.25, 0.3) is 0 Å². The van der Waals surface area contributed by atoms with Crippen LogP contribution in [0.4, 0.5) is 0 Å². The molecule has 0 aromatic heterocycles. The summed E-state index contributed by atoms with van der Waals surface area (Å²) in [6.07, 6.45) is 3.23. The molecule has 0 heterocycles. The number of rotatable bonds is 4. The van der Waals surface area contributed by atoms with E-state index in [-0.39, 0.29) is 5.84 Å². The third kappa shape index (κ3) is 2.93. The first-order valence-corrected chi connectivity index (χ1v) is 4.14. The molecule has 0 aliphatic rings. The molecule has 5 heteroatoms. The van der Waals surface area contributed by atoms with Gasteiger partial charge in [0.2, 0.25) is 0 Å². The molecule has 0 fully saturated rings. The van der Waals surface area contributed by atoms with E-state index in [9.17, 15) is 0 Å². The second-order valence-electron chi connectivity index (χ2n) is 2.53. The summed E-state index contributed by atoms with van der Waals surface area (Å²) in [7, 11) is 3.36. The van der Waals surface area contributed by atoms with Crippen LogP contribution in [0.1, 0.15) is 6.92 Å². The van der Waals surface area contributed by atoms with Crippen LogP contribution in [0.15, 0.2) is 34.3 Å². The molecule has 0 unspecified atom stereocenters. The molecule has 0 rings (SSSR count). The van der Waals surface area contributed by atoms with Crippen molar-refractivity contribution >= 4 is 12.1 Å². The molecule has 14 heavy (non-hydrogen) atoms. The summed E-state index contributed by atoms with van der Waals surface area (Å²) in [6, 6.07) is 0. The maximum absolute atomic E-state index is 5.76. The van der Waals surface area contributed by atoms with Crippen LogP contribution in [0, 0.1) is 0 Å². The zero-order chi connectivity index (χ0) is 11.1. The van der Waals surface area contributed by atoms with Crippen LogP contribution in [0.5, 0.6) is 0 Å². The first-order chi connectivity index (χ1) is 6.58. The molecule has 0 aliphatic heterocycles. The summed E-state index contributed by atoms with van der Waals surface area (Å²) >= 11 is 0. The van der Waals surface area contributed by atoms with Gasteiger partial charge in [0.25, 0.3) is 0 Å². The van der Waals surface area contributed by atoms with E-state index in [0.29, 0.717) is 11.5 Å². The number of hydrogen-bond donors (Lipinski definition) is 2. The van der Waals surface area contributed by atoms with Gasteiger partial charge in [-0.1, -0.05) is 6.58 Å². The Hall–Kier alpha value is -1.78. The average Bonchev–Trinajstić information content (AvgIpc) is 2.22. The minimum atomic E-state index is 0.263. The third-order valence-corrected chi connectivity index (χ3v) is 1.62. The Morgan fingerprint density at radius 1 is 1.43 bits per heavy atom. The molecule has 0 saturated carbocycles. The zero-order valence-electron chi connectivity index (χ0n) is 8.86. The summed E-state index contributed by atoms with van der Waals surface area (Å²) in [6.45, 7) is 5.41. The standard InChI is InChI=1S/C9H17N5/c1-5-13-9(14(4)6-2)7(10)8(11)12-3/h5-6H,2,10H2,1,3-4H3,(H2,11,12)/b9-7-,13-5?. The third-order valence-electron chi connectivity index (χ3n) is 1.62. The van der Waals surface area contributed by atoms with Crippen molar-refractivity contribution < 1.29 is 0 Å². The molecular formula is C9H17N5. The predicted molar refractivity (Wildman–Crippen MR) is 60.9 cm³/mol. The summed E-state index contributed by atoms with van der Waals surface area (Å²) in [4.78, 5) is 9.55. The lowest BCUT2D eigenvalue weighted by atomic mass is 10.4. The molecule has 0 aromatic rings. The largest absolute Gasteiger partial charge is 0.393 e. The molecule has 4 N–H and O–H groups in total. The highest BCUT2D eigenvalue weighted by molar-refractivity contribution is 5.96. The molecule has 78 valence electrons. The number of hydrogen-bond acceptors (Lipinski definition) is 4. The lowest BCUT2D eigenvalue weighted by molar-refractivity contribution is 0.559. The van der Waals surface area contributed by atoms with Crippen molar-refractivity contribution in [3.63, 3.8) is 0 Å². The Kier molecular flexibility index (Phi) is 5.06. The van der Waals surface area contributed by atoms with Gasteiger partial charge in [-0.3, -0.25) is 4.99 Å². The van der Waals surface area contributed by atoms with E-state index >= 15 is 0 Å². The van der Waals surface area contributed by atoms with Gasteiger partial charge in [0, 0.05) is 20.3 Å². The number of amidine groups is 1. The first-order valence-electron chi connectivity index (χ1n) is 4.14. The summed E-state index contributed by atoms with van der Waals surface area (Å²) in [5.74, 6) is 0.796. The summed E-state index contributed by atoms with van der Waals surface area (Å²) < 4.78 is 0. The van der Waals surface area contributed by atoms with Crippen LogP contribution < -0.4 is 11.5 Å². The molecule has 0 radical (unpaired) electrons. The number of nitrogens with two attached hydrogens (primary N) is 2. The number of nitrogens with zero attached hydrogens (tertiary/aromatic N) is 3. The van der Waals surface area contributed by atoms with Crippen molar-refractivity contribution in [2.75, 3.05) is 14.1 Å². The van der Waals surface area contributed by atoms with Crippen molar-refractivity contribution in [1.29, 1.82) is 0 Å². The Morgan fingerprint density at radius 2 is 2.00 bits per heavy atom. The van der Waals surface area contributed by atoms with Crippen molar-refractivity contribution in [3.05, 3.63) is 24.3 Å². The van der Waals surface area contributed by atoms with Crippen molar-refractivity contribution in [3.8, 4) is 0 Å². The smallest absolute Gasteiger partial charge is 0.158 e. The average molecular weight is 195 g/mol. The van der Waals surface area contributed by atoms with Crippen LogP contribution in [-0.4, -0.2) is 31.0 Å². The Balaban J connectivity index is 5.25. The Labute approximate surface area is 84.5 Å². The summed E-state index contributed by atoms with van der Waals surface area (Å²) in [5.41, 5.74) is 11.7. The molecule has 0 amide bonds. The monoisotopic (exact) mass is 195 g/mol. The van der Waals surface area contributed by atoms with E-state index in [1.54, 1.807) is 38.3 Å². The van der Waals surface area contributed by atoms with Gasteiger partial charge in [-0.05, 0) is 13.1 Å². The van der Waals surface area contributed by atoms with Crippen LogP contribution in [0.2, 0.25) is 0 Å². The zero-order valence-corrected chi connectivity index (χ0v) is 8.86. The Bertz CT molecular complexity index is 288. The van der Waals surface area contributed by atoms with Crippen molar-refractivity contribution in [1.82, 2.24) is 4.90 Å². The highest BCUT2D eigenvalue weighted by Gasteiger charge is 2.07. The first kappa shape index (κ1) is 12.2. The van der Waals surface area contributed by atoms with E-state index in [4.69, 9.17) is 11.5 Å². The van der Waals surface area contributed by atoms with E-state index < -0.39 is 0 Å². The van der Waals surface area contributed by atoms with Gasteiger partial charge in [0.1, 0.15) is 11.5 Å². The van der Waals surface area contributed by atoms with E-state index in [2.05, 4.69) is 16.6 Å². The summed E-state index contributed by atoms with van der Waals surface area (Å²) in [5, 5.41) is 0. The molecule has 0 aliphatic carbocycles. The predicted octanol–water partition coefficient (Wildman–Crippen LogP) is 0.267. The highest BCUT2D eigenvalue weighted by atomic mass is 15.2. The van der Waals surface area contributed by atoms with Gasteiger partial charge >= 0.3 is 0 Å². The normalized spacial score (nSPS) is 14.1. The van der Waals surface area contributed by atoms with E-state index in [1.807, 2.05) is 0 Å². The topological polar surface area (TPSA) is 80.0 Å². The molecular weight excluding hydrogens is 178 g/mol. The van der Waals surface area contributed by atoms with Gasteiger partial charge in [-0.2, -0.15) is 0 Å². The van der Waals surface area contributed by atoms with Crippen LogP contribution in [-0.2, 0) is 0 Å². The van der Waals surface area contributed by atoms with E-state index in [0.717, 1.165) is 0 Å². The van der Waals surface area contributed by atoms with Crippen LogP contribution in [0.3, 0.4) is 0 Å². The molecule has 0 atom stereocenters. The quantitative estimate of drug-likeness (QED) is 0.499. The molecule has 0 spiro atoms. The van der Waals surface area contributed by atoms with Crippen molar-refractivity contribution in [2.45, 2.75) is 6.92 Å². The SMILES string of the molecule is C=CN(C)/C(N=CC)=C(\N)C(N)=NC. The lowest BCUT2D eigenvalue weighted by Gasteiger charge is -2.16. The van der Waals surface area contributed by atoms with Crippen molar-refractivity contribution in [2.24, 2.45) is 21.5 Å². The second kappa shape index (κ2) is 5.80. The van der Waals surface area contributed by atoms with Gasteiger partial charge in [0.15, 0.2) is 5.82 Å². The van der Waals surface area contributed by atoms with E-state index in [1.165, 1.54) is 0 Å². The fourth-order valence-electron chi connectivity index (χ4n) is 0.794. The lowest BCUT2D eigenvalue weighted by Crippen LogP contribution is -2.26. The van der Waals surface area contributed by atoms with Gasteiger partial charge in [0.05, 0.1) is 0 Å². The molecule has 5 nitrogen and oxygen atoms in total. The minimum absolute atomic E-state index is 0.263. The van der Waals surface area contributed by atoms with Gasteiger partial charge in [-0.15, -0.1) is 0 Å². The second-order valence-corrected chi connectivity index (χ2v) is 2.53. The molecule has 0 saturated heterocycles. The number of aliphatic imine (C=N–C) groups is 2. The molecule has 0 aromatic carbocycles. The van der Waals surface area contributed by atoms with Gasteiger partial charge in [-0.25, -0.2) is 4.99 Å². The molecule has 0 bridgehead atoms. The fourth-order valence-corrected chi connectivity index (χ4v) is 0.794. The Morgan fingerprint density at radius 3 is 2.36 bits per heavy atom. The van der Waals surface area contributed by atoms with Crippen LogP contribution >= 0.6 is 0 Å². The van der Waals surface area contributed by atoms with Gasteiger partial charge < -0.3 is 16.4 Å². The highest BCUT2D eigenvalue weighted by Crippen LogP contribution is 2.06. The minimum Gasteiger partial charge on any atom is -0.393 e. The maximum Gasteiger partial charge on any atom is 0.158 e. The fraction of sp³-hybridized carbons (Fsp3) is 0.333. The maximum atomic E-state index is 5.76.